The number of rotatable bonds is 4. The largest absolute Gasteiger partial charge is 0.386 e. The zero-order valence-corrected chi connectivity index (χ0v) is 10.9. The van der Waals surface area contributed by atoms with Gasteiger partial charge in [-0.2, -0.15) is 0 Å². The fraction of sp³-hybridized carbons (Fsp3) is 0.429. The Labute approximate surface area is 108 Å². The van der Waals surface area contributed by atoms with E-state index in [9.17, 15) is 0 Å². The van der Waals surface area contributed by atoms with Crippen LogP contribution in [0.2, 0.25) is 5.02 Å². The highest BCUT2D eigenvalue weighted by atomic mass is 35.5. The Morgan fingerprint density at radius 2 is 2.35 bits per heavy atom. The van der Waals surface area contributed by atoms with E-state index in [4.69, 9.17) is 17.3 Å². The molecule has 3 heteroatoms. The molecule has 0 saturated carbocycles. The second-order valence-electron chi connectivity index (χ2n) is 4.66. The molecule has 17 heavy (non-hydrogen) atoms. The van der Waals surface area contributed by atoms with E-state index in [1.165, 1.54) is 5.56 Å². The summed E-state index contributed by atoms with van der Waals surface area (Å²) >= 11 is 6.04. The average Bonchev–Trinajstić information content (AvgIpc) is 2.72. The predicted octanol–water partition coefficient (Wildman–Crippen LogP) is 3.24. The molecule has 0 bridgehead atoms. The van der Waals surface area contributed by atoms with Crippen LogP contribution in [0.4, 0.5) is 0 Å². The monoisotopic (exact) mass is 250 g/mol. The van der Waals surface area contributed by atoms with Gasteiger partial charge in [-0.15, -0.1) is 0 Å². The van der Waals surface area contributed by atoms with Crippen LogP contribution in [-0.2, 0) is 0 Å². The molecule has 0 radical (unpaired) electrons. The highest BCUT2D eigenvalue weighted by Crippen LogP contribution is 2.30. The Hall–Kier alpha value is -1.15. The van der Waals surface area contributed by atoms with Crippen molar-refractivity contribution in [2.45, 2.75) is 25.7 Å². The quantitative estimate of drug-likeness (QED) is 0.861. The zero-order chi connectivity index (χ0) is 12.3. The fourth-order valence-corrected chi connectivity index (χ4v) is 2.64. The first-order valence-corrected chi connectivity index (χ1v) is 6.53. The first-order chi connectivity index (χ1) is 8.19. The summed E-state index contributed by atoms with van der Waals surface area (Å²) in [5.74, 6) is 1.91. The van der Waals surface area contributed by atoms with Gasteiger partial charge >= 0.3 is 0 Å². The molecular formula is C14H19ClN2. The third-order valence-electron chi connectivity index (χ3n) is 3.38. The highest BCUT2D eigenvalue weighted by Gasteiger charge is 2.19. The third-order valence-corrected chi connectivity index (χ3v) is 3.62. The average molecular weight is 251 g/mol. The standard InChI is InChI=1S/C14H19ClN2/c1-2-11(6-10-7-14(16)17-9-10)12-4-3-5-13(15)8-12/h3-5,7-8,10-11,17H,2,6,9,16H2,1H3/t10-,11?/m0/s1. The Morgan fingerprint density at radius 3 is 2.94 bits per heavy atom. The molecule has 2 nitrogen and oxygen atoms in total. The van der Waals surface area contributed by atoms with Gasteiger partial charge in [-0.3, -0.25) is 0 Å². The van der Waals surface area contributed by atoms with Crippen LogP contribution >= 0.6 is 11.6 Å². The lowest BCUT2D eigenvalue weighted by Crippen LogP contribution is -2.17. The molecule has 1 aromatic carbocycles. The Morgan fingerprint density at radius 1 is 1.53 bits per heavy atom. The summed E-state index contributed by atoms with van der Waals surface area (Å²) in [5, 5.41) is 3.99. The molecule has 1 aliphatic heterocycles. The minimum Gasteiger partial charge on any atom is -0.386 e. The van der Waals surface area contributed by atoms with Crippen molar-refractivity contribution in [1.29, 1.82) is 0 Å². The van der Waals surface area contributed by atoms with E-state index < -0.39 is 0 Å². The Kier molecular flexibility index (Phi) is 3.95. The molecule has 3 N–H and O–H groups in total. The second-order valence-corrected chi connectivity index (χ2v) is 5.10. The van der Waals surface area contributed by atoms with Gasteiger partial charge in [0, 0.05) is 11.6 Å². The number of nitrogens with two attached hydrogens (primary N) is 1. The SMILES string of the molecule is CCC(C[C@H]1C=C(N)NC1)c1cccc(Cl)c1. The number of benzene rings is 1. The van der Waals surface area contributed by atoms with E-state index >= 15 is 0 Å². The predicted molar refractivity (Wildman–Crippen MR) is 72.9 cm³/mol. The summed E-state index contributed by atoms with van der Waals surface area (Å²) in [6.45, 7) is 3.18. The van der Waals surface area contributed by atoms with Crippen molar-refractivity contribution in [1.82, 2.24) is 5.32 Å². The topological polar surface area (TPSA) is 38.0 Å². The molecule has 2 rings (SSSR count). The van der Waals surface area contributed by atoms with Crippen LogP contribution in [0.1, 0.15) is 31.2 Å². The smallest absolute Gasteiger partial charge is 0.0922 e. The van der Waals surface area contributed by atoms with Crippen molar-refractivity contribution in [3.63, 3.8) is 0 Å². The van der Waals surface area contributed by atoms with E-state index in [0.717, 1.165) is 30.2 Å². The number of hydrogen-bond acceptors (Lipinski definition) is 2. The van der Waals surface area contributed by atoms with Gasteiger partial charge in [-0.25, -0.2) is 0 Å². The minimum atomic E-state index is 0.541. The zero-order valence-electron chi connectivity index (χ0n) is 10.1. The Balaban J connectivity index is 2.06. The summed E-state index contributed by atoms with van der Waals surface area (Å²) in [7, 11) is 0. The summed E-state index contributed by atoms with van der Waals surface area (Å²) < 4.78 is 0. The van der Waals surface area contributed by atoms with E-state index in [1.807, 2.05) is 12.1 Å². The second kappa shape index (κ2) is 5.46. The molecule has 1 unspecified atom stereocenters. The van der Waals surface area contributed by atoms with Crippen molar-refractivity contribution >= 4 is 11.6 Å². The molecular weight excluding hydrogens is 232 g/mol. The molecule has 2 atom stereocenters. The maximum absolute atomic E-state index is 6.04. The van der Waals surface area contributed by atoms with E-state index in [2.05, 4.69) is 30.4 Å². The lowest BCUT2D eigenvalue weighted by atomic mass is 9.87. The normalized spacial score (nSPS) is 20.8. The lowest BCUT2D eigenvalue weighted by Gasteiger charge is -2.18. The summed E-state index contributed by atoms with van der Waals surface area (Å²) in [4.78, 5) is 0. The maximum Gasteiger partial charge on any atom is 0.0922 e. The molecule has 0 saturated heterocycles. The van der Waals surface area contributed by atoms with E-state index in [0.29, 0.717) is 11.8 Å². The van der Waals surface area contributed by atoms with Crippen LogP contribution in [0, 0.1) is 5.92 Å². The summed E-state index contributed by atoms with van der Waals surface area (Å²) in [6.07, 6.45) is 4.39. The van der Waals surface area contributed by atoms with Gasteiger partial charge in [-0.1, -0.05) is 30.7 Å². The molecule has 92 valence electrons. The minimum absolute atomic E-state index is 0.541. The molecule has 0 fully saturated rings. The first kappa shape index (κ1) is 12.3. The fourth-order valence-electron chi connectivity index (χ4n) is 2.44. The van der Waals surface area contributed by atoms with Gasteiger partial charge in [-0.05, 0) is 48.4 Å². The molecule has 1 heterocycles. The molecule has 0 aromatic heterocycles. The van der Waals surface area contributed by atoms with Crippen LogP contribution in [0.25, 0.3) is 0 Å². The van der Waals surface area contributed by atoms with Gasteiger partial charge in [0.2, 0.25) is 0 Å². The number of hydrogen-bond donors (Lipinski definition) is 2. The van der Waals surface area contributed by atoms with Crippen LogP contribution in [0.3, 0.4) is 0 Å². The lowest BCUT2D eigenvalue weighted by molar-refractivity contribution is 0.502. The van der Waals surface area contributed by atoms with E-state index in [1.54, 1.807) is 0 Å². The van der Waals surface area contributed by atoms with Crippen molar-refractivity contribution < 1.29 is 0 Å². The number of halogens is 1. The summed E-state index contributed by atoms with van der Waals surface area (Å²) in [5.41, 5.74) is 7.07. The van der Waals surface area contributed by atoms with Gasteiger partial charge in [0.15, 0.2) is 0 Å². The van der Waals surface area contributed by atoms with Crippen molar-refractivity contribution in [3.8, 4) is 0 Å². The van der Waals surface area contributed by atoms with Gasteiger partial charge in [0.05, 0.1) is 5.82 Å². The van der Waals surface area contributed by atoms with Crippen LogP contribution in [0.15, 0.2) is 36.2 Å². The van der Waals surface area contributed by atoms with Crippen molar-refractivity contribution in [2.24, 2.45) is 11.7 Å². The molecule has 1 aliphatic rings. The van der Waals surface area contributed by atoms with Gasteiger partial charge in [0.1, 0.15) is 0 Å². The number of nitrogens with one attached hydrogen (secondary N) is 1. The maximum atomic E-state index is 6.04. The summed E-state index contributed by atoms with van der Waals surface area (Å²) in [6, 6.07) is 8.19. The molecule has 0 aliphatic carbocycles. The third kappa shape index (κ3) is 3.16. The molecule has 0 amide bonds. The molecule has 0 spiro atoms. The van der Waals surface area contributed by atoms with Crippen LogP contribution in [0.5, 0.6) is 0 Å². The van der Waals surface area contributed by atoms with Gasteiger partial charge in [0.25, 0.3) is 0 Å². The first-order valence-electron chi connectivity index (χ1n) is 6.15. The van der Waals surface area contributed by atoms with Crippen molar-refractivity contribution in [2.75, 3.05) is 6.54 Å². The van der Waals surface area contributed by atoms with Crippen LogP contribution in [-0.4, -0.2) is 6.54 Å². The Bertz CT molecular complexity index is 414. The van der Waals surface area contributed by atoms with E-state index in [-0.39, 0.29) is 0 Å². The molecule has 1 aromatic rings. The van der Waals surface area contributed by atoms with Gasteiger partial charge < -0.3 is 11.1 Å². The van der Waals surface area contributed by atoms with Crippen molar-refractivity contribution in [3.05, 3.63) is 46.7 Å². The highest BCUT2D eigenvalue weighted by molar-refractivity contribution is 6.30. The van der Waals surface area contributed by atoms with Crippen LogP contribution < -0.4 is 11.1 Å².